The number of carbonyl (C=O) groups excluding carboxylic acids is 2. The van der Waals surface area contributed by atoms with Gasteiger partial charge in [0, 0.05) is 41.2 Å². The first-order valence-corrected chi connectivity index (χ1v) is 17.3. The maximum absolute atomic E-state index is 14.4. The first-order valence-electron chi connectivity index (χ1n) is 17.3. The zero-order chi connectivity index (χ0) is 33.2. The minimum atomic E-state index is -0.467. The van der Waals surface area contributed by atoms with Crippen molar-refractivity contribution in [3.8, 4) is 23.1 Å². The Kier molecular flexibility index (Phi) is 9.35. The van der Waals surface area contributed by atoms with Crippen LogP contribution in [-0.4, -0.2) is 70.9 Å². The predicted molar refractivity (Wildman–Crippen MR) is 176 cm³/mol. The average molecular weight is 654 g/mol. The second-order valence-electron chi connectivity index (χ2n) is 13.9. The number of hydrogen-bond donors (Lipinski definition) is 1. The monoisotopic (exact) mass is 653 g/mol. The fourth-order valence-electron chi connectivity index (χ4n) is 7.40. The van der Waals surface area contributed by atoms with Crippen LogP contribution in [0.1, 0.15) is 93.3 Å². The number of carbonyl (C=O) groups is 2. The molecule has 1 aliphatic heterocycles. The van der Waals surface area contributed by atoms with Gasteiger partial charge in [-0.15, -0.1) is 0 Å². The van der Waals surface area contributed by atoms with Gasteiger partial charge < -0.3 is 28.8 Å². The summed E-state index contributed by atoms with van der Waals surface area (Å²) >= 11 is 0. The first kappa shape index (κ1) is 32.1. The highest BCUT2D eigenvalue weighted by atomic mass is 16.6. The fraction of sp³-hybridized carbons (Fsp3) is 0.541. The summed E-state index contributed by atoms with van der Waals surface area (Å²) in [5, 5.41) is 19.1. The normalized spacial score (nSPS) is 24.3. The number of anilines is 1. The van der Waals surface area contributed by atoms with Crippen molar-refractivity contribution < 1.29 is 28.6 Å². The Morgan fingerprint density at radius 3 is 2.44 bits per heavy atom. The Morgan fingerprint density at radius 1 is 1.00 bits per heavy atom. The largest absolute Gasteiger partial charge is 0.494 e. The maximum Gasteiger partial charge on any atom is 0.410 e. The smallest absolute Gasteiger partial charge is 0.410 e. The number of nitrogens with zero attached hydrogens (tertiary/aromatic N) is 5. The summed E-state index contributed by atoms with van der Waals surface area (Å²) in [6.45, 7) is 1.25. The Labute approximate surface area is 280 Å². The standard InChI is InChI=1S/C37H43N5O6/c1-46-34-16-15-31(39-32(34)18-38)24-7-5-23(6-8-24)19-42(28-4-2-3-27(17-28)33-22-47-35(40-33)25-9-10-25)36(44)26-11-13-30(14-12-26)48-37(45)41-20-29(43)21-41/h2-4,15-17,22-26,29-30,43H,5-14,19-21H2,1H3/t23-,24-,26-,30-. The molecule has 3 heterocycles. The number of nitriles is 1. The number of likely N-dealkylation sites (tertiary alicyclic amines) is 1. The van der Waals surface area contributed by atoms with E-state index in [4.69, 9.17) is 18.9 Å². The molecule has 4 aliphatic rings. The van der Waals surface area contributed by atoms with E-state index in [1.165, 1.54) is 4.90 Å². The average Bonchev–Trinajstić information content (AvgIpc) is 3.84. The molecule has 11 heteroatoms. The lowest BCUT2D eigenvalue weighted by molar-refractivity contribution is -0.124. The lowest BCUT2D eigenvalue weighted by Crippen LogP contribution is -2.54. The minimum Gasteiger partial charge on any atom is -0.494 e. The molecule has 11 nitrogen and oxygen atoms in total. The van der Waals surface area contributed by atoms with E-state index in [1.54, 1.807) is 13.4 Å². The number of aromatic nitrogens is 2. The molecule has 1 N–H and O–H groups in total. The third kappa shape index (κ3) is 7.04. The zero-order valence-electron chi connectivity index (χ0n) is 27.4. The zero-order valence-corrected chi connectivity index (χ0v) is 27.4. The van der Waals surface area contributed by atoms with Crippen molar-refractivity contribution >= 4 is 17.7 Å². The number of aliphatic hydroxyl groups excluding tert-OH is 1. The summed E-state index contributed by atoms with van der Waals surface area (Å²) in [5.41, 5.74) is 3.81. The van der Waals surface area contributed by atoms with Crippen molar-refractivity contribution in [2.45, 2.75) is 88.3 Å². The van der Waals surface area contributed by atoms with Crippen LogP contribution in [-0.2, 0) is 9.53 Å². The van der Waals surface area contributed by atoms with Crippen LogP contribution >= 0.6 is 0 Å². The SMILES string of the molecule is COc1ccc([C@H]2CC[C@H](CN(c3cccc(-c4coc(C5CC5)n4)c3)C(=O)[C@H]3CC[C@H](OC(=O)N4CC(O)C4)CC3)CC2)nc1C#N. The third-order valence-electron chi connectivity index (χ3n) is 10.5. The molecule has 3 saturated carbocycles. The molecule has 252 valence electrons. The highest BCUT2D eigenvalue weighted by Gasteiger charge is 2.36. The number of hydrogen-bond acceptors (Lipinski definition) is 9. The van der Waals surface area contributed by atoms with Gasteiger partial charge in [0.15, 0.2) is 17.3 Å². The molecule has 0 unspecified atom stereocenters. The van der Waals surface area contributed by atoms with Crippen LogP contribution in [0.5, 0.6) is 5.75 Å². The second-order valence-corrected chi connectivity index (χ2v) is 13.9. The van der Waals surface area contributed by atoms with E-state index in [0.29, 0.717) is 68.6 Å². The van der Waals surface area contributed by atoms with Gasteiger partial charge in [0.05, 0.1) is 26.3 Å². The highest BCUT2D eigenvalue weighted by Crippen LogP contribution is 2.41. The number of oxazole rings is 1. The van der Waals surface area contributed by atoms with Crippen LogP contribution in [0.25, 0.3) is 11.3 Å². The van der Waals surface area contributed by atoms with Crippen molar-refractivity contribution in [2.75, 3.05) is 31.6 Å². The number of rotatable bonds is 9. The molecule has 7 rings (SSSR count). The summed E-state index contributed by atoms with van der Waals surface area (Å²) < 4.78 is 16.8. The molecule has 48 heavy (non-hydrogen) atoms. The Hall–Kier alpha value is -4.43. The van der Waals surface area contributed by atoms with Crippen LogP contribution in [0.15, 0.2) is 47.1 Å². The van der Waals surface area contributed by atoms with E-state index in [1.807, 2.05) is 35.2 Å². The van der Waals surface area contributed by atoms with Gasteiger partial charge in [0.1, 0.15) is 24.1 Å². The van der Waals surface area contributed by atoms with Crippen LogP contribution in [0.2, 0.25) is 0 Å². The summed E-state index contributed by atoms with van der Waals surface area (Å²) in [4.78, 5) is 39.6. The van der Waals surface area contributed by atoms with Crippen LogP contribution in [0.3, 0.4) is 0 Å². The number of pyridine rings is 1. The minimum absolute atomic E-state index is 0.110. The maximum atomic E-state index is 14.4. The molecule has 3 aliphatic carbocycles. The van der Waals surface area contributed by atoms with Crippen molar-refractivity contribution in [1.82, 2.24) is 14.9 Å². The summed E-state index contributed by atoms with van der Waals surface area (Å²) in [6, 6.07) is 14.0. The molecule has 0 bridgehead atoms. The molecule has 2 amide bonds. The van der Waals surface area contributed by atoms with Crippen LogP contribution < -0.4 is 9.64 Å². The Bertz CT molecular complexity index is 1660. The quantitative estimate of drug-likeness (QED) is 0.287. The van der Waals surface area contributed by atoms with E-state index < -0.39 is 6.10 Å². The lowest BCUT2D eigenvalue weighted by atomic mass is 9.79. The summed E-state index contributed by atoms with van der Waals surface area (Å²) in [5.74, 6) is 2.23. The predicted octanol–water partition coefficient (Wildman–Crippen LogP) is 6.17. The van der Waals surface area contributed by atoms with Crippen LogP contribution in [0, 0.1) is 23.2 Å². The van der Waals surface area contributed by atoms with E-state index in [2.05, 4.69) is 17.1 Å². The Morgan fingerprint density at radius 2 is 1.75 bits per heavy atom. The molecule has 0 spiro atoms. The van der Waals surface area contributed by atoms with Gasteiger partial charge in [0.2, 0.25) is 5.91 Å². The van der Waals surface area contributed by atoms with E-state index >= 15 is 0 Å². The van der Waals surface area contributed by atoms with Crippen molar-refractivity contribution in [3.63, 3.8) is 0 Å². The number of methoxy groups -OCH3 is 1. The Balaban J connectivity index is 1.04. The van der Waals surface area contributed by atoms with Gasteiger partial charge in [-0.05, 0) is 94.4 Å². The van der Waals surface area contributed by atoms with Crippen molar-refractivity contribution in [1.29, 1.82) is 5.26 Å². The number of β-amino-alcohol motifs (C(OH)–C–C–N with tert-alkyl or cyclic N) is 1. The topological polar surface area (TPSA) is 142 Å². The molecular weight excluding hydrogens is 610 g/mol. The van der Waals surface area contributed by atoms with Crippen molar-refractivity contribution in [2.24, 2.45) is 11.8 Å². The fourth-order valence-corrected chi connectivity index (χ4v) is 7.40. The molecule has 4 fully saturated rings. The summed E-state index contributed by atoms with van der Waals surface area (Å²) in [7, 11) is 1.55. The van der Waals surface area contributed by atoms with Gasteiger partial charge in [-0.2, -0.15) is 5.26 Å². The molecule has 0 atom stereocenters. The summed E-state index contributed by atoms with van der Waals surface area (Å²) in [6.07, 6.45) is 9.23. The van der Waals surface area contributed by atoms with Gasteiger partial charge in [0.25, 0.3) is 0 Å². The molecule has 1 saturated heterocycles. The number of amides is 2. The molecule has 0 radical (unpaired) electrons. The number of aliphatic hydroxyl groups is 1. The second kappa shape index (κ2) is 14.0. The van der Waals surface area contributed by atoms with E-state index in [0.717, 1.165) is 67.1 Å². The van der Waals surface area contributed by atoms with E-state index in [9.17, 15) is 20.0 Å². The highest BCUT2D eigenvalue weighted by molar-refractivity contribution is 5.95. The van der Waals surface area contributed by atoms with Crippen molar-refractivity contribution in [3.05, 3.63) is 59.9 Å². The molecule has 1 aromatic carbocycles. The number of ether oxygens (including phenoxy) is 2. The molecule has 3 aromatic rings. The van der Waals surface area contributed by atoms with Gasteiger partial charge in [-0.1, -0.05) is 12.1 Å². The first-order chi connectivity index (χ1) is 23.4. The number of benzene rings is 1. The lowest BCUT2D eigenvalue weighted by Gasteiger charge is -2.38. The third-order valence-corrected chi connectivity index (χ3v) is 10.5. The van der Waals surface area contributed by atoms with Crippen LogP contribution in [0.4, 0.5) is 10.5 Å². The molecule has 2 aromatic heterocycles. The van der Waals surface area contributed by atoms with E-state index in [-0.39, 0.29) is 29.9 Å². The van der Waals surface area contributed by atoms with Gasteiger partial charge in [-0.3, -0.25) is 4.79 Å². The van der Waals surface area contributed by atoms with Gasteiger partial charge in [-0.25, -0.2) is 14.8 Å². The van der Waals surface area contributed by atoms with Gasteiger partial charge >= 0.3 is 6.09 Å². The molecular formula is C37H43N5O6.